The molecule has 0 bridgehead atoms. The number of nitrogens with zero attached hydrogens (tertiary/aromatic N) is 1. The number of likely N-dealkylation sites (tertiary alicyclic amines) is 1. The van der Waals surface area contributed by atoms with Gasteiger partial charge < -0.3 is 26.8 Å². The van der Waals surface area contributed by atoms with Gasteiger partial charge in [-0.1, -0.05) is 0 Å². The molecule has 8 nitrogen and oxygen atoms in total. The van der Waals surface area contributed by atoms with E-state index in [2.05, 4.69) is 5.32 Å². The van der Waals surface area contributed by atoms with E-state index < -0.39 is 30.4 Å². The van der Waals surface area contributed by atoms with Crippen LogP contribution in [0.15, 0.2) is 0 Å². The first-order valence-corrected chi connectivity index (χ1v) is 5.70. The number of urea groups is 1. The number of rotatable bonds is 5. The molecule has 3 amide bonds. The number of carbonyl (C=O) groups excluding carboxylic acids is 2. The van der Waals surface area contributed by atoms with E-state index in [4.69, 9.17) is 16.6 Å². The lowest BCUT2D eigenvalue weighted by Crippen LogP contribution is -2.48. The molecular formula is C10H18N4O4. The summed E-state index contributed by atoms with van der Waals surface area (Å²) in [5, 5.41) is 11.1. The fourth-order valence-electron chi connectivity index (χ4n) is 1.85. The van der Waals surface area contributed by atoms with Crippen molar-refractivity contribution < 1.29 is 19.5 Å². The molecule has 1 rings (SSSR count). The van der Waals surface area contributed by atoms with E-state index in [1.54, 1.807) is 0 Å². The molecule has 102 valence electrons. The van der Waals surface area contributed by atoms with Crippen molar-refractivity contribution in [1.82, 2.24) is 10.2 Å². The molecule has 0 aliphatic carbocycles. The summed E-state index contributed by atoms with van der Waals surface area (Å²) >= 11 is 0. The van der Waals surface area contributed by atoms with E-state index in [0.717, 1.165) is 6.42 Å². The number of amides is 3. The Morgan fingerprint density at radius 2 is 2.11 bits per heavy atom. The van der Waals surface area contributed by atoms with Crippen molar-refractivity contribution in [3.8, 4) is 0 Å². The number of carbonyl (C=O) groups is 3. The number of carboxylic acids is 1. The summed E-state index contributed by atoms with van der Waals surface area (Å²) in [5.41, 5.74) is 10.4. The Balaban J connectivity index is 2.51. The molecule has 2 atom stereocenters. The molecule has 6 N–H and O–H groups in total. The molecule has 0 radical (unpaired) electrons. The van der Waals surface area contributed by atoms with Crippen molar-refractivity contribution in [2.45, 2.75) is 18.9 Å². The Kier molecular flexibility index (Phi) is 4.90. The first-order valence-electron chi connectivity index (χ1n) is 5.70. The molecule has 1 heterocycles. The SMILES string of the molecule is NCC1CCN(C(=O)N[C@H](CC(N)=O)C(=O)O)C1. The van der Waals surface area contributed by atoms with E-state index in [1.165, 1.54) is 4.90 Å². The molecule has 18 heavy (non-hydrogen) atoms. The van der Waals surface area contributed by atoms with Crippen LogP contribution in [0.3, 0.4) is 0 Å². The quantitative estimate of drug-likeness (QED) is 0.465. The van der Waals surface area contributed by atoms with Crippen LogP contribution < -0.4 is 16.8 Å². The Morgan fingerprint density at radius 1 is 1.44 bits per heavy atom. The lowest BCUT2D eigenvalue weighted by molar-refractivity contribution is -0.140. The second-order valence-corrected chi connectivity index (χ2v) is 4.35. The largest absolute Gasteiger partial charge is 0.480 e. The number of aliphatic carboxylic acids is 1. The lowest BCUT2D eigenvalue weighted by atomic mass is 10.1. The standard InChI is InChI=1S/C10H18N4O4/c11-4-6-1-2-14(5-6)10(18)13-7(9(16)17)3-8(12)15/h6-7H,1-5,11H2,(H2,12,15)(H,13,18)(H,16,17)/t6?,7-/m1/s1. The molecule has 0 saturated carbocycles. The Labute approximate surface area is 104 Å². The van der Waals surface area contributed by atoms with Crippen LogP contribution in [0.1, 0.15) is 12.8 Å². The topological polar surface area (TPSA) is 139 Å². The maximum Gasteiger partial charge on any atom is 0.326 e. The van der Waals surface area contributed by atoms with Crippen molar-refractivity contribution in [3.05, 3.63) is 0 Å². The van der Waals surface area contributed by atoms with E-state index in [0.29, 0.717) is 19.6 Å². The van der Waals surface area contributed by atoms with Gasteiger partial charge in [0.25, 0.3) is 0 Å². The highest BCUT2D eigenvalue weighted by molar-refractivity contribution is 5.87. The summed E-state index contributed by atoms with van der Waals surface area (Å²) in [6.45, 7) is 1.54. The number of hydrogen-bond donors (Lipinski definition) is 4. The molecule has 1 aliphatic heterocycles. The lowest BCUT2D eigenvalue weighted by Gasteiger charge is -2.20. The van der Waals surface area contributed by atoms with Crippen molar-refractivity contribution in [2.75, 3.05) is 19.6 Å². The van der Waals surface area contributed by atoms with Gasteiger partial charge in [-0.05, 0) is 18.9 Å². The number of nitrogens with one attached hydrogen (secondary N) is 1. The van der Waals surface area contributed by atoms with Crippen LogP contribution in [-0.4, -0.2) is 53.6 Å². The van der Waals surface area contributed by atoms with Crippen LogP contribution in [0.5, 0.6) is 0 Å². The minimum Gasteiger partial charge on any atom is -0.480 e. The second kappa shape index (κ2) is 6.20. The van der Waals surface area contributed by atoms with Crippen LogP contribution in [-0.2, 0) is 9.59 Å². The number of carboxylic acid groups (broad SMARTS) is 1. The van der Waals surface area contributed by atoms with E-state index in [9.17, 15) is 14.4 Å². The molecule has 0 aromatic heterocycles. The fourth-order valence-corrected chi connectivity index (χ4v) is 1.85. The van der Waals surface area contributed by atoms with E-state index >= 15 is 0 Å². The summed E-state index contributed by atoms with van der Waals surface area (Å²) < 4.78 is 0. The molecule has 0 aromatic rings. The maximum absolute atomic E-state index is 11.8. The summed E-state index contributed by atoms with van der Waals surface area (Å²) in [4.78, 5) is 34.8. The van der Waals surface area contributed by atoms with Crippen LogP contribution in [0.25, 0.3) is 0 Å². The van der Waals surface area contributed by atoms with Gasteiger partial charge in [0.05, 0.1) is 6.42 Å². The van der Waals surface area contributed by atoms with Crippen LogP contribution in [0.2, 0.25) is 0 Å². The molecule has 1 unspecified atom stereocenters. The van der Waals surface area contributed by atoms with E-state index in [1.807, 2.05) is 0 Å². The fraction of sp³-hybridized carbons (Fsp3) is 0.700. The van der Waals surface area contributed by atoms with E-state index in [-0.39, 0.29) is 5.92 Å². The highest BCUT2D eigenvalue weighted by atomic mass is 16.4. The molecule has 0 aromatic carbocycles. The van der Waals surface area contributed by atoms with Gasteiger partial charge in [0.15, 0.2) is 0 Å². The Morgan fingerprint density at radius 3 is 2.56 bits per heavy atom. The third kappa shape index (κ3) is 3.88. The normalized spacial score (nSPS) is 20.5. The summed E-state index contributed by atoms with van der Waals surface area (Å²) in [5.74, 6) is -1.81. The zero-order valence-corrected chi connectivity index (χ0v) is 9.96. The smallest absolute Gasteiger partial charge is 0.326 e. The number of hydrogen-bond acceptors (Lipinski definition) is 4. The van der Waals surface area contributed by atoms with Crippen molar-refractivity contribution in [2.24, 2.45) is 17.4 Å². The van der Waals surface area contributed by atoms with Crippen molar-refractivity contribution in [1.29, 1.82) is 0 Å². The predicted molar refractivity (Wildman–Crippen MR) is 62.5 cm³/mol. The molecule has 1 aliphatic rings. The first kappa shape index (κ1) is 14.2. The molecular weight excluding hydrogens is 240 g/mol. The molecule has 8 heteroatoms. The average Bonchev–Trinajstić information content (AvgIpc) is 2.75. The second-order valence-electron chi connectivity index (χ2n) is 4.35. The number of nitrogens with two attached hydrogens (primary N) is 2. The molecule has 1 saturated heterocycles. The van der Waals surface area contributed by atoms with Gasteiger partial charge in [-0.3, -0.25) is 4.79 Å². The highest BCUT2D eigenvalue weighted by Crippen LogP contribution is 2.14. The zero-order valence-electron chi connectivity index (χ0n) is 9.96. The zero-order chi connectivity index (χ0) is 13.7. The van der Waals surface area contributed by atoms with Gasteiger partial charge >= 0.3 is 12.0 Å². The third-order valence-corrected chi connectivity index (χ3v) is 2.91. The van der Waals surface area contributed by atoms with Crippen LogP contribution >= 0.6 is 0 Å². The minimum absolute atomic E-state index is 0.246. The number of primary amides is 1. The Bertz CT molecular complexity index is 347. The van der Waals surface area contributed by atoms with Gasteiger partial charge in [0, 0.05) is 13.1 Å². The van der Waals surface area contributed by atoms with Crippen LogP contribution in [0.4, 0.5) is 4.79 Å². The minimum atomic E-state index is -1.29. The molecule has 1 fully saturated rings. The van der Waals surface area contributed by atoms with Gasteiger partial charge in [-0.15, -0.1) is 0 Å². The predicted octanol–water partition coefficient (Wildman–Crippen LogP) is -1.69. The van der Waals surface area contributed by atoms with Crippen LogP contribution in [0, 0.1) is 5.92 Å². The third-order valence-electron chi connectivity index (χ3n) is 2.91. The Hall–Kier alpha value is -1.83. The van der Waals surface area contributed by atoms with Gasteiger partial charge in [0.2, 0.25) is 5.91 Å². The first-order chi connectivity index (χ1) is 8.43. The van der Waals surface area contributed by atoms with Gasteiger partial charge in [0.1, 0.15) is 6.04 Å². The monoisotopic (exact) mass is 258 g/mol. The van der Waals surface area contributed by atoms with Crippen molar-refractivity contribution in [3.63, 3.8) is 0 Å². The van der Waals surface area contributed by atoms with Gasteiger partial charge in [-0.2, -0.15) is 0 Å². The maximum atomic E-state index is 11.8. The van der Waals surface area contributed by atoms with Crippen molar-refractivity contribution >= 4 is 17.9 Å². The summed E-state index contributed by atoms with van der Waals surface area (Å²) in [7, 11) is 0. The van der Waals surface area contributed by atoms with Gasteiger partial charge in [-0.25, -0.2) is 9.59 Å². The molecule has 0 spiro atoms. The summed E-state index contributed by atoms with van der Waals surface area (Å²) in [6.07, 6.45) is 0.382. The highest BCUT2D eigenvalue weighted by Gasteiger charge is 2.29. The summed E-state index contributed by atoms with van der Waals surface area (Å²) in [6, 6.07) is -1.79. The average molecular weight is 258 g/mol.